The summed E-state index contributed by atoms with van der Waals surface area (Å²) < 4.78 is 7.19. The molecule has 0 unspecified atom stereocenters. The Balaban J connectivity index is 2.53. The second-order valence-electron chi connectivity index (χ2n) is 2.92. The number of hydrogen-bond acceptors (Lipinski definition) is 2. The van der Waals surface area contributed by atoms with Crippen LogP contribution in [-0.2, 0) is 7.05 Å². The molecule has 0 saturated carbocycles. The van der Waals surface area contributed by atoms with Gasteiger partial charge in [0.05, 0.1) is 5.56 Å². The Kier molecular flexibility index (Phi) is 1.85. The zero-order valence-electron chi connectivity index (χ0n) is 7.69. The van der Waals surface area contributed by atoms with E-state index in [4.69, 9.17) is 4.42 Å². The van der Waals surface area contributed by atoms with E-state index in [-0.39, 0.29) is 0 Å². The number of aryl methyl sites for hydroxylation is 2. The lowest BCUT2D eigenvalue weighted by Crippen LogP contribution is -2.31. The van der Waals surface area contributed by atoms with E-state index in [1.807, 2.05) is 44.3 Å². The highest BCUT2D eigenvalue weighted by Crippen LogP contribution is 2.14. The van der Waals surface area contributed by atoms with Crippen molar-refractivity contribution in [3.8, 4) is 11.5 Å². The fourth-order valence-corrected chi connectivity index (χ4v) is 1.31. The van der Waals surface area contributed by atoms with Gasteiger partial charge in [-0.15, -0.1) is 0 Å². The summed E-state index contributed by atoms with van der Waals surface area (Å²) in [5.74, 6) is 1.47. The summed E-state index contributed by atoms with van der Waals surface area (Å²) in [6.45, 7) is 1.84. The Bertz CT molecular complexity index is 406. The van der Waals surface area contributed by atoms with E-state index in [9.17, 15) is 0 Å². The van der Waals surface area contributed by atoms with Crippen molar-refractivity contribution in [2.24, 2.45) is 7.05 Å². The van der Waals surface area contributed by atoms with Gasteiger partial charge in [-0.2, -0.15) is 0 Å². The normalized spacial score (nSPS) is 10.3. The Hall–Kier alpha value is -1.64. The third-order valence-electron chi connectivity index (χ3n) is 1.85. The second kappa shape index (κ2) is 3.01. The van der Waals surface area contributed by atoms with Gasteiger partial charge in [-0.05, 0) is 16.8 Å². The summed E-state index contributed by atoms with van der Waals surface area (Å²) in [6, 6.07) is 9.94. The van der Waals surface area contributed by atoms with E-state index in [2.05, 4.69) is 5.10 Å². The molecule has 0 spiro atoms. The summed E-state index contributed by atoms with van der Waals surface area (Å²) in [5, 5.41) is 4.14. The number of aromatic nitrogens is 2. The monoisotopic (exact) mass is 175 g/mol. The van der Waals surface area contributed by atoms with Gasteiger partial charge in [-0.25, -0.2) is 0 Å². The second-order valence-corrected chi connectivity index (χ2v) is 2.92. The van der Waals surface area contributed by atoms with Crippen LogP contribution in [-0.4, -0.2) is 5.10 Å². The van der Waals surface area contributed by atoms with Gasteiger partial charge >= 0.3 is 5.89 Å². The van der Waals surface area contributed by atoms with E-state index >= 15 is 0 Å². The van der Waals surface area contributed by atoms with Crippen LogP contribution in [0, 0.1) is 6.92 Å². The molecular weight excluding hydrogens is 164 g/mol. The van der Waals surface area contributed by atoms with Crippen molar-refractivity contribution in [2.75, 3.05) is 0 Å². The van der Waals surface area contributed by atoms with Crippen molar-refractivity contribution in [2.45, 2.75) is 6.92 Å². The van der Waals surface area contributed by atoms with Gasteiger partial charge in [0, 0.05) is 12.0 Å². The summed E-state index contributed by atoms with van der Waals surface area (Å²) >= 11 is 0. The fourth-order valence-electron chi connectivity index (χ4n) is 1.31. The predicted molar refractivity (Wildman–Crippen MR) is 47.9 cm³/mol. The van der Waals surface area contributed by atoms with Crippen LogP contribution in [0.15, 0.2) is 34.7 Å². The van der Waals surface area contributed by atoms with Crippen LogP contribution in [0.1, 0.15) is 5.89 Å². The highest BCUT2D eigenvalue weighted by molar-refractivity contribution is 5.49. The van der Waals surface area contributed by atoms with Crippen LogP contribution < -0.4 is 4.68 Å². The molecule has 0 radical (unpaired) electrons. The van der Waals surface area contributed by atoms with Crippen LogP contribution >= 0.6 is 0 Å². The summed E-state index contributed by atoms with van der Waals surface area (Å²) in [7, 11) is 1.87. The molecule has 0 aliphatic heterocycles. The van der Waals surface area contributed by atoms with Gasteiger partial charge < -0.3 is 4.42 Å². The molecule has 1 heterocycles. The molecule has 13 heavy (non-hydrogen) atoms. The molecule has 0 amide bonds. The minimum absolute atomic E-state index is 0.682. The molecule has 66 valence electrons. The Labute approximate surface area is 76.6 Å². The summed E-state index contributed by atoms with van der Waals surface area (Å²) in [6.07, 6.45) is 0. The number of hydrogen-bond donors (Lipinski definition) is 0. The lowest BCUT2D eigenvalue weighted by Gasteiger charge is -1.88. The first-order valence-corrected chi connectivity index (χ1v) is 4.16. The van der Waals surface area contributed by atoms with Crippen LogP contribution in [0.3, 0.4) is 0 Å². The molecule has 2 aromatic rings. The van der Waals surface area contributed by atoms with Crippen molar-refractivity contribution >= 4 is 0 Å². The standard InChI is InChI=1S/C10H11N2O/c1-8-11-12(2)10(13-8)9-6-4-3-5-7-9/h3-7H,1-2H3/q+1. The lowest BCUT2D eigenvalue weighted by molar-refractivity contribution is -0.720. The van der Waals surface area contributed by atoms with Gasteiger partial charge in [0.15, 0.2) is 7.05 Å². The summed E-state index contributed by atoms with van der Waals surface area (Å²) in [5.41, 5.74) is 1.05. The average Bonchev–Trinajstić information content (AvgIpc) is 2.47. The predicted octanol–water partition coefficient (Wildman–Crippen LogP) is 1.47. The van der Waals surface area contributed by atoms with Crippen molar-refractivity contribution in [1.82, 2.24) is 5.10 Å². The van der Waals surface area contributed by atoms with Crippen LogP contribution in [0.4, 0.5) is 0 Å². The zero-order valence-corrected chi connectivity index (χ0v) is 7.69. The van der Waals surface area contributed by atoms with Crippen molar-refractivity contribution < 1.29 is 9.10 Å². The molecular formula is C10H11N2O+. The highest BCUT2D eigenvalue weighted by atomic mass is 16.4. The third kappa shape index (κ3) is 1.45. The van der Waals surface area contributed by atoms with E-state index in [0.717, 1.165) is 11.5 Å². The van der Waals surface area contributed by atoms with Gasteiger partial charge in [-0.1, -0.05) is 18.2 Å². The number of rotatable bonds is 1. The topological polar surface area (TPSA) is 29.9 Å². The third-order valence-corrected chi connectivity index (χ3v) is 1.85. The van der Waals surface area contributed by atoms with Gasteiger partial charge in [0.2, 0.25) is 0 Å². The first-order chi connectivity index (χ1) is 6.27. The zero-order chi connectivity index (χ0) is 9.26. The molecule has 0 N–H and O–H groups in total. The molecule has 0 bridgehead atoms. The molecule has 3 nitrogen and oxygen atoms in total. The van der Waals surface area contributed by atoms with E-state index < -0.39 is 0 Å². The van der Waals surface area contributed by atoms with Gasteiger partial charge in [0.25, 0.3) is 5.89 Å². The van der Waals surface area contributed by atoms with Crippen LogP contribution in [0.2, 0.25) is 0 Å². The Morgan fingerprint density at radius 2 is 1.92 bits per heavy atom. The number of nitrogens with zero attached hydrogens (tertiary/aromatic N) is 2. The first kappa shape index (κ1) is 7.98. The maximum atomic E-state index is 5.45. The van der Waals surface area contributed by atoms with Gasteiger partial charge in [-0.3, -0.25) is 0 Å². The first-order valence-electron chi connectivity index (χ1n) is 4.16. The molecule has 0 saturated heterocycles. The minimum atomic E-state index is 0.682. The van der Waals surface area contributed by atoms with Gasteiger partial charge in [0.1, 0.15) is 0 Å². The molecule has 0 aliphatic carbocycles. The fraction of sp³-hybridized carbons (Fsp3) is 0.200. The van der Waals surface area contributed by atoms with Crippen LogP contribution in [0.25, 0.3) is 11.5 Å². The maximum Gasteiger partial charge on any atom is 0.407 e. The van der Waals surface area contributed by atoms with Crippen molar-refractivity contribution in [3.05, 3.63) is 36.2 Å². The molecule has 0 aliphatic rings. The summed E-state index contributed by atoms with van der Waals surface area (Å²) in [4.78, 5) is 0. The number of benzene rings is 1. The maximum absolute atomic E-state index is 5.45. The lowest BCUT2D eigenvalue weighted by atomic mass is 10.2. The molecule has 1 aromatic carbocycles. The van der Waals surface area contributed by atoms with E-state index in [0.29, 0.717) is 5.89 Å². The van der Waals surface area contributed by atoms with Crippen LogP contribution in [0.5, 0.6) is 0 Å². The Morgan fingerprint density at radius 1 is 1.23 bits per heavy atom. The minimum Gasteiger partial charge on any atom is -0.382 e. The van der Waals surface area contributed by atoms with Crippen molar-refractivity contribution in [1.29, 1.82) is 0 Å². The average molecular weight is 175 g/mol. The molecule has 1 aromatic heterocycles. The largest absolute Gasteiger partial charge is 0.407 e. The smallest absolute Gasteiger partial charge is 0.382 e. The van der Waals surface area contributed by atoms with Crippen molar-refractivity contribution in [3.63, 3.8) is 0 Å². The highest BCUT2D eigenvalue weighted by Gasteiger charge is 2.17. The SMILES string of the molecule is Cc1n[n+](C)c(-c2ccccc2)o1. The Morgan fingerprint density at radius 3 is 2.46 bits per heavy atom. The quantitative estimate of drug-likeness (QED) is 0.614. The molecule has 0 fully saturated rings. The molecule has 3 heteroatoms. The van der Waals surface area contributed by atoms with E-state index in [1.54, 1.807) is 4.68 Å². The molecule has 0 atom stereocenters. The molecule has 2 rings (SSSR count). The van der Waals surface area contributed by atoms with E-state index in [1.165, 1.54) is 0 Å².